The summed E-state index contributed by atoms with van der Waals surface area (Å²) in [6.07, 6.45) is 4.21. The van der Waals surface area contributed by atoms with Gasteiger partial charge in [0, 0.05) is 17.3 Å². The smallest absolute Gasteiger partial charge is 0.168 e. The van der Waals surface area contributed by atoms with Crippen LogP contribution in [0.3, 0.4) is 0 Å². The SMILES string of the molecule is CN1CCCC1c1nc2cc(Cl)ccn2n1. The zero-order valence-corrected chi connectivity index (χ0v) is 9.85. The molecular weight excluding hydrogens is 224 g/mol. The Balaban J connectivity index is 2.04. The first-order chi connectivity index (χ1) is 7.74. The average Bonchev–Trinajstić information content (AvgIpc) is 2.82. The molecule has 0 amide bonds. The number of likely N-dealkylation sites (tertiary alicyclic amines) is 1. The zero-order valence-electron chi connectivity index (χ0n) is 9.10. The largest absolute Gasteiger partial charge is 0.296 e. The summed E-state index contributed by atoms with van der Waals surface area (Å²) in [7, 11) is 2.12. The maximum Gasteiger partial charge on any atom is 0.168 e. The Morgan fingerprint density at radius 2 is 2.38 bits per heavy atom. The van der Waals surface area contributed by atoms with Gasteiger partial charge in [-0.1, -0.05) is 11.6 Å². The molecule has 1 atom stereocenters. The number of hydrogen-bond donors (Lipinski definition) is 0. The molecule has 5 heteroatoms. The summed E-state index contributed by atoms with van der Waals surface area (Å²) in [5, 5.41) is 5.19. The Morgan fingerprint density at radius 3 is 3.12 bits per heavy atom. The Labute approximate surface area is 98.8 Å². The van der Waals surface area contributed by atoms with E-state index in [4.69, 9.17) is 11.6 Å². The quantitative estimate of drug-likeness (QED) is 0.761. The van der Waals surface area contributed by atoms with Crippen LogP contribution in [0, 0.1) is 0 Å². The molecule has 0 aromatic carbocycles. The van der Waals surface area contributed by atoms with Gasteiger partial charge >= 0.3 is 0 Å². The minimum Gasteiger partial charge on any atom is -0.296 e. The monoisotopic (exact) mass is 236 g/mol. The molecule has 0 saturated carbocycles. The van der Waals surface area contributed by atoms with Crippen LogP contribution in [0.1, 0.15) is 24.7 Å². The highest BCUT2D eigenvalue weighted by atomic mass is 35.5. The maximum absolute atomic E-state index is 5.92. The fourth-order valence-corrected chi connectivity index (χ4v) is 2.41. The second-order valence-electron chi connectivity index (χ2n) is 4.26. The van der Waals surface area contributed by atoms with Crippen molar-refractivity contribution in [2.45, 2.75) is 18.9 Å². The van der Waals surface area contributed by atoms with Gasteiger partial charge in [0.25, 0.3) is 0 Å². The van der Waals surface area contributed by atoms with Crippen molar-refractivity contribution in [2.24, 2.45) is 0 Å². The molecule has 0 N–H and O–H groups in total. The minimum absolute atomic E-state index is 0.360. The van der Waals surface area contributed by atoms with E-state index in [1.807, 2.05) is 18.3 Å². The van der Waals surface area contributed by atoms with Crippen LogP contribution in [0.25, 0.3) is 5.65 Å². The lowest BCUT2D eigenvalue weighted by atomic mass is 10.2. The van der Waals surface area contributed by atoms with Gasteiger partial charge in [-0.15, -0.1) is 5.10 Å². The molecule has 0 aliphatic carbocycles. The lowest BCUT2D eigenvalue weighted by molar-refractivity contribution is 0.306. The molecule has 1 fully saturated rings. The first-order valence-corrected chi connectivity index (χ1v) is 5.84. The molecule has 1 unspecified atom stereocenters. The van der Waals surface area contributed by atoms with Crippen molar-refractivity contribution >= 4 is 17.2 Å². The van der Waals surface area contributed by atoms with Crippen molar-refractivity contribution in [1.82, 2.24) is 19.5 Å². The predicted octanol–water partition coefficient (Wildman–Crippen LogP) is 2.15. The Kier molecular flexibility index (Phi) is 2.33. The van der Waals surface area contributed by atoms with Gasteiger partial charge in [-0.05, 0) is 32.5 Å². The van der Waals surface area contributed by atoms with E-state index in [1.54, 1.807) is 4.52 Å². The van der Waals surface area contributed by atoms with Crippen LogP contribution in [-0.4, -0.2) is 33.1 Å². The fraction of sp³-hybridized carbons (Fsp3) is 0.455. The van der Waals surface area contributed by atoms with E-state index in [0.29, 0.717) is 11.1 Å². The first-order valence-electron chi connectivity index (χ1n) is 5.46. The summed E-state index contributed by atoms with van der Waals surface area (Å²) in [6, 6.07) is 4.02. The van der Waals surface area contributed by atoms with Crippen molar-refractivity contribution in [3.63, 3.8) is 0 Å². The van der Waals surface area contributed by atoms with Gasteiger partial charge in [-0.2, -0.15) is 0 Å². The molecular formula is C11H13ClN4. The molecule has 1 aliphatic rings. The van der Waals surface area contributed by atoms with E-state index >= 15 is 0 Å². The molecule has 1 aliphatic heterocycles. The molecule has 2 aromatic heterocycles. The van der Waals surface area contributed by atoms with E-state index < -0.39 is 0 Å². The number of aromatic nitrogens is 3. The molecule has 84 valence electrons. The summed E-state index contributed by atoms with van der Waals surface area (Å²) in [5.41, 5.74) is 0.822. The molecule has 0 spiro atoms. The van der Waals surface area contributed by atoms with E-state index in [2.05, 4.69) is 22.0 Å². The highest BCUT2D eigenvalue weighted by Gasteiger charge is 2.26. The number of halogens is 1. The third-order valence-electron chi connectivity index (χ3n) is 3.13. The van der Waals surface area contributed by atoms with Gasteiger partial charge in [0.2, 0.25) is 0 Å². The topological polar surface area (TPSA) is 33.4 Å². The summed E-state index contributed by atoms with van der Waals surface area (Å²) in [4.78, 5) is 6.83. The second-order valence-corrected chi connectivity index (χ2v) is 4.69. The summed E-state index contributed by atoms with van der Waals surface area (Å²) < 4.78 is 1.79. The maximum atomic E-state index is 5.92. The van der Waals surface area contributed by atoms with Crippen molar-refractivity contribution in [2.75, 3.05) is 13.6 Å². The van der Waals surface area contributed by atoms with Crippen LogP contribution in [0.5, 0.6) is 0 Å². The minimum atomic E-state index is 0.360. The molecule has 3 heterocycles. The van der Waals surface area contributed by atoms with Crippen LogP contribution >= 0.6 is 11.6 Å². The Hall–Kier alpha value is -1.13. The van der Waals surface area contributed by atoms with Gasteiger partial charge in [-0.25, -0.2) is 9.50 Å². The van der Waals surface area contributed by atoms with Crippen LogP contribution in [0.15, 0.2) is 18.3 Å². The molecule has 16 heavy (non-hydrogen) atoms. The first kappa shape index (κ1) is 10.1. The zero-order chi connectivity index (χ0) is 11.1. The van der Waals surface area contributed by atoms with Crippen LogP contribution in [-0.2, 0) is 0 Å². The van der Waals surface area contributed by atoms with E-state index in [1.165, 1.54) is 6.42 Å². The number of hydrogen-bond acceptors (Lipinski definition) is 3. The molecule has 4 nitrogen and oxygen atoms in total. The standard InChI is InChI=1S/C11H13ClN4/c1-15-5-2-3-9(15)11-13-10-7-8(12)4-6-16(10)14-11/h4,6-7,9H,2-3,5H2,1H3. The highest BCUT2D eigenvalue weighted by molar-refractivity contribution is 6.30. The highest BCUT2D eigenvalue weighted by Crippen LogP contribution is 2.28. The molecule has 1 saturated heterocycles. The lowest BCUT2D eigenvalue weighted by Gasteiger charge is -2.15. The van der Waals surface area contributed by atoms with Gasteiger partial charge in [0.15, 0.2) is 11.5 Å². The van der Waals surface area contributed by atoms with Crippen molar-refractivity contribution < 1.29 is 0 Å². The number of nitrogens with zero attached hydrogens (tertiary/aromatic N) is 4. The van der Waals surface area contributed by atoms with Crippen LogP contribution in [0.4, 0.5) is 0 Å². The number of pyridine rings is 1. The molecule has 2 aromatic rings. The fourth-order valence-electron chi connectivity index (χ4n) is 2.25. The number of fused-ring (bicyclic) bond motifs is 1. The normalized spacial score (nSPS) is 22.0. The molecule has 0 radical (unpaired) electrons. The van der Waals surface area contributed by atoms with Crippen LogP contribution < -0.4 is 0 Å². The predicted molar refractivity (Wildman–Crippen MR) is 62.6 cm³/mol. The summed E-state index contributed by atoms with van der Waals surface area (Å²) >= 11 is 5.92. The summed E-state index contributed by atoms with van der Waals surface area (Å²) in [5.74, 6) is 0.905. The van der Waals surface area contributed by atoms with Crippen molar-refractivity contribution in [1.29, 1.82) is 0 Å². The third kappa shape index (κ3) is 1.58. The van der Waals surface area contributed by atoms with E-state index in [0.717, 1.165) is 24.4 Å². The summed E-state index contributed by atoms with van der Waals surface area (Å²) in [6.45, 7) is 1.13. The van der Waals surface area contributed by atoms with Gasteiger partial charge < -0.3 is 0 Å². The molecule has 0 bridgehead atoms. The third-order valence-corrected chi connectivity index (χ3v) is 3.37. The van der Waals surface area contributed by atoms with Gasteiger partial charge in [-0.3, -0.25) is 4.90 Å². The van der Waals surface area contributed by atoms with E-state index in [-0.39, 0.29) is 0 Å². The molecule has 3 rings (SSSR count). The van der Waals surface area contributed by atoms with Crippen LogP contribution in [0.2, 0.25) is 5.02 Å². The average molecular weight is 237 g/mol. The Bertz CT molecular complexity index is 522. The number of rotatable bonds is 1. The van der Waals surface area contributed by atoms with E-state index in [9.17, 15) is 0 Å². The van der Waals surface area contributed by atoms with Gasteiger partial charge in [0.1, 0.15) is 0 Å². The van der Waals surface area contributed by atoms with Gasteiger partial charge in [0.05, 0.1) is 6.04 Å². The Morgan fingerprint density at radius 1 is 1.50 bits per heavy atom. The second kappa shape index (κ2) is 3.71. The van der Waals surface area contributed by atoms with Crippen molar-refractivity contribution in [3.8, 4) is 0 Å². The van der Waals surface area contributed by atoms with Crippen molar-refractivity contribution in [3.05, 3.63) is 29.2 Å². The lowest BCUT2D eigenvalue weighted by Crippen LogP contribution is -2.18.